The zero-order chi connectivity index (χ0) is 31.9. The zero-order valence-corrected chi connectivity index (χ0v) is 31.9. The summed E-state index contributed by atoms with van der Waals surface area (Å²) in [5.41, 5.74) is 1.48. The molecule has 7 fully saturated rings. The first-order valence-corrected chi connectivity index (χ1v) is 17.6. The van der Waals surface area contributed by atoms with E-state index in [0.29, 0.717) is 0 Å². The Morgan fingerprint density at radius 3 is 1.14 bits per heavy atom. The van der Waals surface area contributed by atoms with Gasteiger partial charge in [-0.1, -0.05) is 60.7 Å². The Kier molecular flexibility index (Phi) is 22.8. The van der Waals surface area contributed by atoms with Crippen molar-refractivity contribution < 1.29 is 51.2 Å². The fraction of sp³-hybridized carbons (Fsp3) is 0.0667. The fourth-order valence-corrected chi connectivity index (χ4v) is 8.41. The Labute approximate surface area is 342 Å². The molecule has 6 aliphatic carbocycles. The summed E-state index contributed by atoms with van der Waals surface area (Å²) in [7, 11) is -0.577. The van der Waals surface area contributed by atoms with Crippen LogP contribution >= 0.6 is 7.92 Å². The third-order valence-electron chi connectivity index (χ3n) is 8.10. The fourth-order valence-electron chi connectivity index (χ4n) is 5.95. The van der Waals surface area contributed by atoms with Gasteiger partial charge in [0.2, 0.25) is 0 Å². The van der Waals surface area contributed by atoms with Gasteiger partial charge in [-0.05, 0) is 184 Å². The summed E-state index contributed by atoms with van der Waals surface area (Å²) in [4.78, 5) is 2.60. The van der Waals surface area contributed by atoms with Crippen molar-refractivity contribution in [2.24, 2.45) is 0 Å². The molecule has 0 N–H and O–H groups in total. The average molecular weight is 793 g/mol. The second-order valence-corrected chi connectivity index (χ2v) is 13.6. The average Bonchev–Trinajstić information content (AvgIpc) is 3.97. The Balaban J connectivity index is 0.000000311. The van der Waals surface area contributed by atoms with Crippen LogP contribution < -0.4 is 10.6 Å². The summed E-state index contributed by atoms with van der Waals surface area (Å²) >= 11 is 0. The van der Waals surface area contributed by atoms with E-state index in [1.165, 1.54) is 45.9 Å². The largest absolute Gasteiger partial charge is 2.00 e. The predicted octanol–water partition coefficient (Wildman–Crippen LogP) is 7.78. The molecular weight excluding hydrogens is 753 g/mol. The van der Waals surface area contributed by atoms with Gasteiger partial charge >= 0.3 is 51.2 Å². The van der Waals surface area contributed by atoms with E-state index < -0.39 is 7.92 Å². The van der Waals surface area contributed by atoms with E-state index in [0.717, 1.165) is 19.6 Å². The van der Waals surface area contributed by atoms with E-state index >= 15 is 0 Å². The number of fused-ring (bicyclic) bond motifs is 3. The molecule has 0 amide bonds. The molecular formula is C45H40Fe3NP+6. The number of nitrogens with zero attached hydrogens (tertiary/aromatic N) is 1. The minimum absolute atomic E-state index is 0. The first kappa shape index (κ1) is 44.8. The van der Waals surface area contributed by atoms with Gasteiger partial charge in [-0.15, -0.1) is 0 Å². The first-order valence-electron chi connectivity index (χ1n) is 16.2. The van der Waals surface area contributed by atoms with Gasteiger partial charge in [-0.25, -0.2) is 0 Å². The van der Waals surface area contributed by atoms with Crippen molar-refractivity contribution in [3.63, 3.8) is 0 Å². The van der Waals surface area contributed by atoms with Crippen LogP contribution in [0.2, 0.25) is 0 Å². The van der Waals surface area contributed by atoms with Crippen molar-refractivity contribution in [2.45, 2.75) is 0 Å². The topological polar surface area (TPSA) is 3.24 Å². The van der Waals surface area contributed by atoms with Gasteiger partial charge in [-0.3, -0.25) is 0 Å². The molecule has 5 heteroatoms. The zero-order valence-electron chi connectivity index (χ0n) is 27.7. The second-order valence-electron chi connectivity index (χ2n) is 11.4. The van der Waals surface area contributed by atoms with Crippen LogP contribution in [0.15, 0.2) is 60.7 Å². The molecule has 0 aromatic heterocycles. The summed E-state index contributed by atoms with van der Waals surface area (Å²) in [6.45, 7) is 2.96. The SMILES string of the molecule is [CH]1[CH][CH][CH][CH]1.[CH]1[CH][CH][CH][CH]1.[CH]1[CH][CH][CH][CH]1.[CH]1[CH][C]2CN(C[C]3[CH][CH][CH][C]3P(c3ccccc3)c3ccccc3)C[C]3[CH][CH][CH][C]3[C]2[CH]1.[Fe+2].[Fe+2].[Fe+2]. The van der Waals surface area contributed by atoms with Gasteiger partial charge in [0.05, 0.1) is 0 Å². The van der Waals surface area contributed by atoms with Crippen molar-refractivity contribution in [2.75, 3.05) is 19.6 Å². The van der Waals surface area contributed by atoms with E-state index in [4.69, 9.17) is 0 Å². The molecule has 1 heterocycles. The summed E-state index contributed by atoms with van der Waals surface area (Å²) in [5, 5.41) is 2.82. The molecule has 50 heavy (non-hydrogen) atoms. The second kappa shape index (κ2) is 25.5. The molecule has 1 nitrogen and oxygen atoms in total. The molecule has 0 spiro atoms. The molecule has 2 aromatic rings. The third kappa shape index (κ3) is 13.6. The molecule has 0 unspecified atom stereocenters. The van der Waals surface area contributed by atoms with Crippen LogP contribution in [0.3, 0.4) is 0 Å². The maximum absolute atomic E-state index is 2.60. The number of benzene rings is 2. The van der Waals surface area contributed by atoms with Crippen molar-refractivity contribution in [1.82, 2.24) is 4.90 Å². The smallest absolute Gasteiger partial charge is 0.302 e. The van der Waals surface area contributed by atoms with Gasteiger partial charge in [-0.2, -0.15) is 0 Å². The number of likely N-dealkylation sites (tertiary alicyclic amines) is 1. The molecule has 6 saturated carbocycles. The molecule has 0 atom stereocenters. The third-order valence-corrected chi connectivity index (χ3v) is 10.6. The Morgan fingerprint density at radius 1 is 0.400 bits per heavy atom. The van der Waals surface area contributed by atoms with Crippen molar-refractivity contribution in [3.05, 3.63) is 250 Å². The van der Waals surface area contributed by atoms with E-state index in [1.54, 1.807) is 0 Å². The van der Waals surface area contributed by atoms with Crippen LogP contribution in [-0.2, 0) is 51.2 Å². The van der Waals surface area contributed by atoms with Crippen LogP contribution in [0.25, 0.3) is 0 Å². The number of hydrogen-bond acceptors (Lipinski definition) is 1. The standard InChI is InChI=1S/C30H25NP.3C5H5.3Fe/c1-3-13-26(14-4-1)32(27-15-5-2-6-16-27)30-19-9-12-25(30)22-31-20-23-10-7-17-28(23)29-18-8-11-24(29)21-31;3*1-2-4-5-3-1;;;/h1-19H,20-22H2;3*1-5H;;;/q;;;;3*+2. The summed E-state index contributed by atoms with van der Waals surface area (Å²) < 4.78 is 0. The number of rotatable bonds is 5. The monoisotopic (exact) mass is 793 g/mol. The Hall–Kier alpha value is 0.388. The number of hydrogen-bond donors (Lipinski definition) is 0. The molecule has 248 valence electrons. The first-order chi connectivity index (χ1) is 23.4. The molecule has 7 aliphatic rings. The van der Waals surface area contributed by atoms with Crippen LogP contribution in [0.5, 0.6) is 0 Å². The Bertz CT molecular complexity index is 998. The van der Waals surface area contributed by atoms with Gasteiger partial charge < -0.3 is 4.90 Å². The molecule has 0 bridgehead atoms. The minimum Gasteiger partial charge on any atom is -0.302 e. The van der Waals surface area contributed by atoms with Crippen molar-refractivity contribution in [1.29, 1.82) is 0 Å². The van der Waals surface area contributed by atoms with Crippen LogP contribution in [0.1, 0.15) is 0 Å². The minimum atomic E-state index is -0.577. The van der Waals surface area contributed by atoms with E-state index in [9.17, 15) is 0 Å². The maximum atomic E-state index is 2.60. The molecule has 2 aromatic carbocycles. The van der Waals surface area contributed by atoms with Crippen LogP contribution in [0, 0.1) is 189 Å². The molecule has 1 aliphatic heterocycles. The molecule has 9 rings (SSSR count). The van der Waals surface area contributed by atoms with Crippen LogP contribution in [-0.4, -0.2) is 24.5 Å². The van der Waals surface area contributed by atoms with Gasteiger partial charge in [0.1, 0.15) is 0 Å². The molecule has 30 radical (unpaired) electrons. The van der Waals surface area contributed by atoms with Crippen molar-refractivity contribution >= 4 is 18.5 Å². The van der Waals surface area contributed by atoms with Crippen molar-refractivity contribution in [3.8, 4) is 0 Å². The summed E-state index contributed by atoms with van der Waals surface area (Å²) in [6.07, 6.45) is 50.4. The van der Waals surface area contributed by atoms with E-state index in [-0.39, 0.29) is 51.2 Å². The molecule has 1 saturated heterocycles. The Morgan fingerprint density at radius 2 is 0.760 bits per heavy atom. The van der Waals surface area contributed by atoms with Gasteiger partial charge in [0, 0.05) is 43.0 Å². The van der Waals surface area contributed by atoms with Crippen LogP contribution in [0.4, 0.5) is 0 Å². The van der Waals surface area contributed by atoms with Gasteiger partial charge in [0.25, 0.3) is 0 Å². The maximum Gasteiger partial charge on any atom is 2.00 e. The quantitative estimate of drug-likeness (QED) is 0.221. The van der Waals surface area contributed by atoms with E-state index in [1.807, 2.05) is 96.3 Å². The van der Waals surface area contributed by atoms with Gasteiger partial charge in [0.15, 0.2) is 0 Å². The summed E-state index contributed by atoms with van der Waals surface area (Å²) in [5.74, 6) is 7.15. The predicted molar refractivity (Wildman–Crippen MR) is 198 cm³/mol. The normalized spacial score (nSPS) is 23.1. The summed E-state index contributed by atoms with van der Waals surface area (Å²) in [6, 6.07) is 22.0. The van der Waals surface area contributed by atoms with E-state index in [2.05, 4.69) is 123 Å².